The van der Waals surface area contributed by atoms with Crippen molar-refractivity contribution in [1.82, 2.24) is 0 Å². The van der Waals surface area contributed by atoms with Gasteiger partial charge in [-0.15, -0.1) is 0 Å². The van der Waals surface area contributed by atoms with Gasteiger partial charge in [0, 0.05) is 5.56 Å². The molecule has 4 aliphatic carbocycles. The number of phenols is 1. The molecule has 0 radical (unpaired) electrons. The maximum absolute atomic E-state index is 12.1. The highest BCUT2D eigenvalue weighted by Crippen LogP contribution is 2.68. The van der Waals surface area contributed by atoms with Crippen LogP contribution in [0.5, 0.6) is 11.5 Å². The van der Waals surface area contributed by atoms with Crippen molar-refractivity contribution >= 4 is 0 Å². The third-order valence-corrected chi connectivity index (χ3v) is 8.74. The van der Waals surface area contributed by atoms with Crippen LogP contribution in [0, 0.1) is 17.8 Å². The van der Waals surface area contributed by atoms with Crippen LogP contribution in [0.15, 0.2) is 12.1 Å². The van der Waals surface area contributed by atoms with E-state index in [0.717, 1.165) is 30.7 Å². The van der Waals surface area contributed by atoms with Crippen molar-refractivity contribution < 1.29 is 20.1 Å². The highest BCUT2D eigenvalue weighted by atomic mass is 16.5. The number of hydrogen-bond donors (Lipinski definition) is 3. The van der Waals surface area contributed by atoms with Gasteiger partial charge in [0.15, 0.2) is 11.5 Å². The molecule has 2 bridgehead atoms. The molecule has 4 heteroatoms. The first kappa shape index (κ1) is 15.8. The smallest absolute Gasteiger partial charge is 0.165 e. The number of benzene rings is 1. The number of rotatable bonds is 2. The Morgan fingerprint density at radius 2 is 1.96 bits per heavy atom. The quantitative estimate of drug-likeness (QED) is 0.762. The van der Waals surface area contributed by atoms with E-state index in [2.05, 4.69) is 0 Å². The molecule has 1 aromatic carbocycles. The lowest BCUT2D eigenvalue weighted by molar-refractivity contribution is -0.210. The Morgan fingerprint density at radius 1 is 1.12 bits per heavy atom. The first-order valence-electron chi connectivity index (χ1n) is 10.5. The van der Waals surface area contributed by atoms with Gasteiger partial charge in [-0.1, -0.05) is 25.3 Å². The maximum atomic E-state index is 12.1. The molecule has 0 amide bonds. The summed E-state index contributed by atoms with van der Waals surface area (Å²) in [6.45, 7) is 0. The molecule has 1 aromatic rings. The average Bonchev–Trinajstić information content (AvgIpc) is 2.93. The summed E-state index contributed by atoms with van der Waals surface area (Å²) in [6.07, 6.45) is 8.40. The zero-order valence-electron chi connectivity index (χ0n) is 15.2. The van der Waals surface area contributed by atoms with Gasteiger partial charge in [0.1, 0.15) is 6.10 Å². The average molecular weight is 356 g/mol. The second-order valence-corrected chi connectivity index (χ2v) is 9.63. The predicted molar refractivity (Wildman–Crippen MR) is 96.3 cm³/mol. The van der Waals surface area contributed by atoms with Crippen LogP contribution in [-0.4, -0.2) is 33.1 Å². The monoisotopic (exact) mass is 356 g/mol. The topological polar surface area (TPSA) is 69.9 Å². The van der Waals surface area contributed by atoms with Gasteiger partial charge in [-0.2, -0.15) is 0 Å². The molecule has 0 saturated heterocycles. The Kier molecular flexibility index (Phi) is 3.01. The van der Waals surface area contributed by atoms with Crippen LogP contribution >= 0.6 is 0 Å². The minimum Gasteiger partial charge on any atom is -0.504 e. The van der Waals surface area contributed by atoms with Gasteiger partial charge in [-0.25, -0.2) is 0 Å². The van der Waals surface area contributed by atoms with Gasteiger partial charge in [-0.05, 0) is 67.9 Å². The first-order chi connectivity index (χ1) is 12.5. The molecule has 6 atom stereocenters. The Morgan fingerprint density at radius 3 is 2.73 bits per heavy atom. The summed E-state index contributed by atoms with van der Waals surface area (Å²) in [7, 11) is 0. The largest absolute Gasteiger partial charge is 0.504 e. The molecule has 1 heterocycles. The summed E-state index contributed by atoms with van der Waals surface area (Å²) in [4.78, 5) is 0. The zero-order valence-corrected chi connectivity index (χ0v) is 15.2. The lowest BCUT2D eigenvalue weighted by Crippen LogP contribution is -2.72. The van der Waals surface area contributed by atoms with E-state index in [0.29, 0.717) is 24.5 Å². The van der Waals surface area contributed by atoms with Crippen molar-refractivity contribution in [3.63, 3.8) is 0 Å². The van der Waals surface area contributed by atoms with E-state index in [1.165, 1.54) is 31.2 Å². The number of aliphatic hydroxyl groups excluding tert-OH is 1. The second kappa shape index (κ2) is 4.96. The van der Waals surface area contributed by atoms with Crippen LogP contribution in [-0.2, 0) is 11.8 Å². The van der Waals surface area contributed by atoms with Crippen molar-refractivity contribution in [2.45, 2.75) is 81.0 Å². The molecule has 2 unspecified atom stereocenters. The molecule has 3 saturated carbocycles. The van der Waals surface area contributed by atoms with Gasteiger partial charge >= 0.3 is 0 Å². The number of phenolic OH excluding ortho intramolecular Hbond substituents is 1. The van der Waals surface area contributed by atoms with Crippen LogP contribution < -0.4 is 4.74 Å². The van der Waals surface area contributed by atoms with E-state index in [1.54, 1.807) is 6.07 Å². The molecule has 3 N–H and O–H groups in total. The van der Waals surface area contributed by atoms with Crippen molar-refractivity contribution in [1.29, 1.82) is 0 Å². The van der Waals surface area contributed by atoms with Crippen LogP contribution in [0.1, 0.15) is 62.5 Å². The summed E-state index contributed by atoms with van der Waals surface area (Å²) in [6, 6.07) is 3.76. The van der Waals surface area contributed by atoms with E-state index in [9.17, 15) is 15.3 Å². The highest BCUT2D eigenvalue weighted by Gasteiger charge is 2.72. The van der Waals surface area contributed by atoms with Crippen LogP contribution in [0.4, 0.5) is 0 Å². The van der Waals surface area contributed by atoms with Gasteiger partial charge < -0.3 is 20.1 Å². The Bertz CT molecular complexity index is 772. The van der Waals surface area contributed by atoms with Crippen LogP contribution in [0.3, 0.4) is 0 Å². The second-order valence-electron chi connectivity index (χ2n) is 9.63. The summed E-state index contributed by atoms with van der Waals surface area (Å²) in [5, 5.41) is 33.3. The summed E-state index contributed by atoms with van der Waals surface area (Å²) >= 11 is 0. The SMILES string of the molecule is Oc1ccc2c3c1OC1[C@@H](O)CC[C@@]4(O)[C@@H](C2)C(CC2CCC2)CC[C@]314. The van der Waals surface area contributed by atoms with Crippen LogP contribution in [0.2, 0.25) is 0 Å². The van der Waals surface area contributed by atoms with Gasteiger partial charge in [0.2, 0.25) is 0 Å². The molecule has 1 spiro atoms. The van der Waals surface area contributed by atoms with E-state index < -0.39 is 23.2 Å². The maximum Gasteiger partial charge on any atom is 0.165 e. The molecule has 26 heavy (non-hydrogen) atoms. The van der Waals surface area contributed by atoms with E-state index in [-0.39, 0.29) is 11.7 Å². The van der Waals surface area contributed by atoms with Crippen molar-refractivity contribution in [2.24, 2.45) is 17.8 Å². The molecular weight excluding hydrogens is 328 g/mol. The number of aliphatic hydroxyl groups is 2. The molecule has 3 fully saturated rings. The van der Waals surface area contributed by atoms with Gasteiger partial charge in [-0.3, -0.25) is 0 Å². The van der Waals surface area contributed by atoms with Crippen LogP contribution in [0.25, 0.3) is 0 Å². The molecule has 4 nitrogen and oxygen atoms in total. The van der Waals surface area contributed by atoms with Crippen molar-refractivity contribution in [2.75, 3.05) is 0 Å². The third-order valence-electron chi connectivity index (χ3n) is 8.74. The first-order valence-corrected chi connectivity index (χ1v) is 10.5. The van der Waals surface area contributed by atoms with Gasteiger partial charge in [0.05, 0.1) is 17.1 Å². The number of aromatic hydroxyl groups is 1. The molecule has 1 aliphatic heterocycles. The summed E-state index contributed by atoms with van der Waals surface area (Å²) in [5.41, 5.74) is 0.896. The Balaban J connectivity index is 1.52. The standard InChI is InChI=1S/C22H28O4/c23-16-5-4-14-11-15-13(10-12-2-1-3-12)6-8-21-18(14)19(16)26-20(21)17(24)7-9-22(15,21)25/h4-5,12-13,15,17,20,23-25H,1-3,6-11H2/t13?,15-,17-,20?,21-,22+/m0/s1. The molecular formula is C22H28O4. The summed E-state index contributed by atoms with van der Waals surface area (Å²) < 4.78 is 6.18. The lowest BCUT2D eigenvalue weighted by Gasteiger charge is -2.63. The Labute approximate surface area is 154 Å². The third kappa shape index (κ3) is 1.65. The zero-order chi connectivity index (χ0) is 17.7. The highest BCUT2D eigenvalue weighted by molar-refractivity contribution is 5.62. The van der Waals surface area contributed by atoms with E-state index in [4.69, 9.17) is 4.74 Å². The molecule has 0 aromatic heterocycles. The fraction of sp³-hybridized carbons (Fsp3) is 0.727. The van der Waals surface area contributed by atoms with Crippen molar-refractivity contribution in [3.05, 3.63) is 23.3 Å². The van der Waals surface area contributed by atoms with Gasteiger partial charge in [0.25, 0.3) is 0 Å². The number of hydrogen-bond acceptors (Lipinski definition) is 4. The summed E-state index contributed by atoms with van der Waals surface area (Å²) in [5.74, 6) is 2.34. The van der Waals surface area contributed by atoms with E-state index in [1.807, 2.05) is 6.07 Å². The fourth-order valence-corrected chi connectivity index (χ4v) is 7.39. The fourth-order valence-electron chi connectivity index (χ4n) is 7.39. The normalized spacial score (nSPS) is 45.6. The minimum absolute atomic E-state index is 0.150. The predicted octanol–water partition coefficient (Wildman–Crippen LogP) is 3.05. The minimum atomic E-state index is -0.810. The lowest BCUT2D eigenvalue weighted by atomic mass is 9.43. The van der Waals surface area contributed by atoms with Crippen molar-refractivity contribution in [3.8, 4) is 11.5 Å². The molecule has 5 aliphatic rings. The van der Waals surface area contributed by atoms with E-state index >= 15 is 0 Å². The number of ether oxygens (including phenoxy) is 1. The molecule has 140 valence electrons. The Hall–Kier alpha value is -1.26. The molecule has 6 rings (SSSR count).